The molecule has 0 atom stereocenters. The fourth-order valence-electron chi connectivity index (χ4n) is 2.60. The van der Waals surface area contributed by atoms with Crippen LogP contribution in [0.2, 0.25) is 0 Å². The van der Waals surface area contributed by atoms with Crippen molar-refractivity contribution < 1.29 is 9.53 Å². The van der Waals surface area contributed by atoms with E-state index >= 15 is 0 Å². The third-order valence-corrected chi connectivity index (χ3v) is 4.06. The molecule has 2 aliphatic heterocycles. The van der Waals surface area contributed by atoms with Crippen molar-refractivity contribution in [3.63, 3.8) is 0 Å². The van der Waals surface area contributed by atoms with Gasteiger partial charge in [0.15, 0.2) is 0 Å². The number of hydrogen-bond donors (Lipinski definition) is 1. The largest absolute Gasteiger partial charge is 0.381 e. The summed E-state index contributed by atoms with van der Waals surface area (Å²) >= 11 is 0. The first-order chi connectivity index (χ1) is 9.21. The summed E-state index contributed by atoms with van der Waals surface area (Å²) in [6.45, 7) is 11.7. The van der Waals surface area contributed by atoms with Crippen LogP contribution in [-0.4, -0.2) is 50.2 Å². The predicted octanol–water partition coefficient (Wildman–Crippen LogP) is 2.04. The smallest absolute Gasteiger partial charge is 0.226 e. The first-order valence-corrected chi connectivity index (χ1v) is 7.79. The molecule has 112 valence electrons. The first-order valence-electron chi connectivity index (χ1n) is 7.79. The number of amides is 1. The van der Waals surface area contributed by atoms with Crippen LogP contribution in [0.1, 0.15) is 46.5 Å². The molecule has 2 rings (SSSR count). The van der Waals surface area contributed by atoms with E-state index in [1.807, 2.05) is 13.8 Å². The highest BCUT2D eigenvalue weighted by molar-refractivity contribution is 5.82. The molecule has 19 heavy (non-hydrogen) atoms. The number of hydrogen-bond acceptors (Lipinski definition) is 3. The lowest BCUT2D eigenvalue weighted by Crippen LogP contribution is -2.44. The average Bonchev–Trinajstić information content (AvgIpc) is 2.95. The Hall–Kier alpha value is -0.610. The number of likely N-dealkylation sites (tertiary alicyclic amines) is 1. The molecule has 0 aromatic carbocycles. The van der Waals surface area contributed by atoms with Gasteiger partial charge >= 0.3 is 0 Å². The molecule has 0 unspecified atom stereocenters. The predicted molar refractivity (Wildman–Crippen MR) is 78.2 cm³/mol. The summed E-state index contributed by atoms with van der Waals surface area (Å²) in [5.41, 5.74) is -0.205. The molecule has 4 heteroatoms. The Morgan fingerprint density at radius 2 is 1.79 bits per heavy atom. The monoisotopic (exact) mass is 270 g/mol. The van der Waals surface area contributed by atoms with Gasteiger partial charge in [0.05, 0.1) is 5.41 Å². The van der Waals surface area contributed by atoms with Gasteiger partial charge in [-0.25, -0.2) is 0 Å². The second-order valence-corrected chi connectivity index (χ2v) is 5.48. The Morgan fingerprint density at radius 3 is 2.37 bits per heavy atom. The molecular weight excluding hydrogens is 240 g/mol. The van der Waals surface area contributed by atoms with Crippen molar-refractivity contribution in [3.8, 4) is 0 Å². The maximum atomic E-state index is 12.1. The van der Waals surface area contributed by atoms with E-state index < -0.39 is 0 Å². The average molecular weight is 270 g/mol. The summed E-state index contributed by atoms with van der Waals surface area (Å²) in [5, 5.41) is 3.08. The topological polar surface area (TPSA) is 41.6 Å². The Kier molecular flexibility index (Phi) is 7.39. The molecule has 2 saturated heterocycles. The first kappa shape index (κ1) is 16.4. The second-order valence-electron chi connectivity index (χ2n) is 5.48. The zero-order chi connectivity index (χ0) is 14.1. The fourth-order valence-corrected chi connectivity index (χ4v) is 2.60. The summed E-state index contributed by atoms with van der Waals surface area (Å²) in [6.07, 6.45) is 4.32. The molecule has 1 N–H and O–H groups in total. The molecule has 0 spiro atoms. The highest BCUT2D eigenvalue weighted by atomic mass is 16.5. The summed E-state index contributed by atoms with van der Waals surface area (Å²) in [7, 11) is 0. The maximum Gasteiger partial charge on any atom is 0.226 e. The molecule has 0 saturated carbocycles. The Morgan fingerprint density at radius 1 is 1.21 bits per heavy atom. The van der Waals surface area contributed by atoms with Crippen LogP contribution in [0.25, 0.3) is 0 Å². The van der Waals surface area contributed by atoms with Crippen molar-refractivity contribution in [3.05, 3.63) is 0 Å². The zero-order valence-corrected chi connectivity index (χ0v) is 12.8. The maximum absolute atomic E-state index is 12.1. The molecule has 2 fully saturated rings. The lowest BCUT2D eigenvalue weighted by Gasteiger charge is -2.32. The summed E-state index contributed by atoms with van der Waals surface area (Å²) in [5.74, 6) is 0.208. The standard InChI is InChI=1S/C13H24N2O2.C2H6/c1-13(4-10-17-11-5-13)12(16)14-6-9-15-7-2-3-8-15;1-2/h2-11H2,1H3,(H,14,16);1-2H3. The molecule has 2 heterocycles. The van der Waals surface area contributed by atoms with Crippen LogP contribution in [0.5, 0.6) is 0 Å². The quantitative estimate of drug-likeness (QED) is 0.850. The SMILES string of the molecule is CC.CC1(C(=O)NCCN2CCCC2)CCOCC1. The van der Waals surface area contributed by atoms with E-state index in [2.05, 4.69) is 17.1 Å². The highest BCUT2D eigenvalue weighted by Crippen LogP contribution is 2.29. The van der Waals surface area contributed by atoms with Crippen molar-refractivity contribution >= 4 is 5.91 Å². The molecule has 0 aromatic heterocycles. The van der Waals surface area contributed by atoms with Gasteiger partial charge < -0.3 is 15.0 Å². The van der Waals surface area contributed by atoms with Crippen LogP contribution in [0.4, 0.5) is 0 Å². The Bertz CT molecular complexity index is 257. The number of carbonyl (C=O) groups excluding carboxylic acids is 1. The van der Waals surface area contributed by atoms with E-state index in [0.29, 0.717) is 0 Å². The second kappa shape index (κ2) is 8.54. The highest BCUT2D eigenvalue weighted by Gasteiger charge is 2.34. The summed E-state index contributed by atoms with van der Waals surface area (Å²) < 4.78 is 5.31. The number of rotatable bonds is 4. The molecule has 4 nitrogen and oxygen atoms in total. The molecule has 2 aliphatic rings. The Balaban J connectivity index is 0.000000861. The van der Waals surface area contributed by atoms with Gasteiger partial charge in [0, 0.05) is 26.3 Å². The lowest BCUT2D eigenvalue weighted by atomic mass is 9.81. The van der Waals surface area contributed by atoms with E-state index in [9.17, 15) is 4.79 Å². The van der Waals surface area contributed by atoms with Crippen molar-refractivity contribution in [2.45, 2.75) is 46.5 Å². The van der Waals surface area contributed by atoms with Crippen LogP contribution in [0.3, 0.4) is 0 Å². The van der Waals surface area contributed by atoms with Gasteiger partial charge in [0.2, 0.25) is 5.91 Å². The van der Waals surface area contributed by atoms with Crippen LogP contribution in [-0.2, 0) is 9.53 Å². The van der Waals surface area contributed by atoms with Gasteiger partial charge in [0.1, 0.15) is 0 Å². The summed E-state index contributed by atoms with van der Waals surface area (Å²) in [4.78, 5) is 14.5. The minimum Gasteiger partial charge on any atom is -0.381 e. The van der Waals surface area contributed by atoms with Gasteiger partial charge in [-0.3, -0.25) is 4.79 Å². The molecule has 0 radical (unpaired) electrons. The lowest BCUT2D eigenvalue weighted by molar-refractivity contribution is -0.135. The van der Waals surface area contributed by atoms with Crippen LogP contribution >= 0.6 is 0 Å². The molecule has 0 bridgehead atoms. The van der Waals surface area contributed by atoms with Crippen molar-refractivity contribution in [2.75, 3.05) is 39.4 Å². The van der Waals surface area contributed by atoms with E-state index in [0.717, 1.165) is 39.1 Å². The fraction of sp³-hybridized carbons (Fsp3) is 0.933. The molecule has 1 amide bonds. The number of nitrogens with zero attached hydrogens (tertiary/aromatic N) is 1. The van der Waals surface area contributed by atoms with Crippen LogP contribution in [0.15, 0.2) is 0 Å². The van der Waals surface area contributed by atoms with Gasteiger partial charge in [-0.15, -0.1) is 0 Å². The normalized spacial score (nSPS) is 22.5. The van der Waals surface area contributed by atoms with Crippen LogP contribution in [0, 0.1) is 5.41 Å². The minimum absolute atomic E-state index is 0.205. The molecule has 0 aliphatic carbocycles. The van der Waals surface area contributed by atoms with Crippen molar-refractivity contribution in [1.29, 1.82) is 0 Å². The van der Waals surface area contributed by atoms with Gasteiger partial charge in [0.25, 0.3) is 0 Å². The minimum atomic E-state index is -0.205. The molecule has 0 aromatic rings. The third kappa shape index (κ3) is 5.11. The van der Waals surface area contributed by atoms with E-state index in [4.69, 9.17) is 4.74 Å². The summed E-state index contributed by atoms with van der Waals surface area (Å²) in [6, 6.07) is 0. The van der Waals surface area contributed by atoms with E-state index in [1.165, 1.54) is 25.9 Å². The Labute approximate surface area is 117 Å². The van der Waals surface area contributed by atoms with Gasteiger partial charge in [-0.05, 0) is 38.8 Å². The number of carbonyl (C=O) groups is 1. The zero-order valence-electron chi connectivity index (χ0n) is 12.8. The number of nitrogens with one attached hydrogen (secondary N) is 1. The number of ether oxygens (including phenoxy) is 1. The van der Waals surface area contributed by atoms with E-state index in [-0.39, 0.29) is 11.3 Å². The van der Waals surface area contributed by atoms with Crippen molar-refractivity contribution in [2.24, 2.45) is 5.41 Å². The third-order valence-electron chi connectivity index (χ3n) is 4.06. The molecular formula is C15H30N2O2. The van der Waals surface area contributed by atoms with Crippen LogP contribution < -0.4 is 5.32 Å². The van der Waals surface area contributed by atoms with E-state index in [1.54, 1.807) is 0 Å². The van der Waals surface area contributed by atoms with Gasteiger partial charge in [-0.1, -0.05) is 20.8 Å². The van der Waals surface area contributed by atoms with Gasteiger partial charge in [-0.2, -0.15) is 0 Å². The van der Waals surface area contributed by atoms with Crippen molar-refractivity contribution in [1.82, 2.24) is 10.2 Å².